The van der Waals surface area contributed by atoms with E-state index in [1.165, 1.54) is 24.3 Å². The molecule has 0 saturated carbocycles. The first-order valence-corrected chi connectivity index (χ1v) is 4.94. The Labute approximate surface area is 71.4 Å². The fourth-order valence-electron chi connectivity index (χ4n) is 0.568. The molecule has 0 aromatic heterocycles. The lowest BCUT2D eigenvalue weighted by atomic mass is 10.4. The van der Waals surface area contributed by atoms with Gasteiger partial charge in [-0.2, -0.15) is 11.8 Å². The van der Waals surface area contributed by atoms with Crippen LogP contribution in [0.25, 0.3) is 0 Å². The second-order valence-corrected chi connectivity index (χ2v) is 3.56. The van der Waals surface area contributed by atoms with Crippen molar-refractivity contribution in [3.05, 3.63) is 0 Å². The standard InChI is InChI=1S/C4H8S.C3H8O3/c1-2-4-5-3-1;4-1-3(6)2-5/h1-4H2;3-6H,1-2H2. The molecule has 0 spiro atoms. The van der Waals surface area contributed by atoms with E-state index < -0.39 is 6.10 Å². The molecule has 1 heterocycles. The monoisotopic (exact) mass is 180 g/mol. The number of rotatable bonds is 2. The predicted octanol–water partition coefficient (Wildman–Crippen LogP) is -0.155. The highest BCUT2D eigenvalue weighted by atomic mass is 32.2. The average molecular weight is 180 g/mol. The Bertz CT molecular complexity index is 64.5. The second kappa shape index (κ2) is 8.33. The average Bonchev–Trinajstić information content (AvgIpc) is 2.60. The molecule has 1 rings (SSSR count). The number of aliphatic hydroxyl groups excluding tert-OH is 3. The van der Waals surface area contributed by atoms with Gasteiger partial charge in [0.15, 0.2) is 0 Å². The van der Waals surface area contributed by atoms with Gasteiger partial charge in [-0.3, -0.25) is 0 Å². The molecule has 1 saturated heterocycles. The highest BCUT2D eigenvalue weighted by Crippen LogP contribution is 2.14. The van der Waals surface area contributed by atoms with Crippen LogP contribution >= 0.6 is 11.8 Å². The predicted molar refractivity (Wildman–Crippen MR) is 46.7 cm³/mol. The summed E-state index contributed by atoms with van der Waals surface area (Å²) in [6, 6.07) is 0. The Morgan fingerprint density at radius 2 is 1.55 bits per heavy atom. The second-order valence-electron chi connectivity index (χ2n) is 2.34. The normalized spacial score (nSPS) is 16.4. The van der Waals surface area contributed by atoms with Crippen molar-refractivity contribution >= 4 is 11.8 Å². The van der Waals surface area contributed by atoms with E-state index in [0.29, 0.717) is 0 Å². The molecule has 3 nitrogen and oxygen atoms in total. The van der Waals surface area contributed by atoms with Crippen LogP contribution in [-0.2, 0) is 0 Å². The molecule has 4 heteroatoms. The molecular weight excluding hydrogens is 164 g/mol. The maximum Gasteiger partial charge on any atom is 0.100 e. The van der Waals surface area contributed by atoms with Crippen molar-refractivity contribution in [2.24, 2.45) is 0 Å². The Hall–Kier alpha value is 0.230. The Morgan fingerprint density at radius 1 is 1.09 bits per heavy atom. The van der Waals surface area contributed by atoms with E-state index >= 15 is 0 Å². The third-order valence-electron chi connectivity index (χ3n) is 1.25. The number of hydrogen-bond donors (Lipinski definition) is 3. The van der Waals surface area contributed by atoms with E-state index in [2.05, 4.69) is 11.8 Å². The Balaban J connectivity index is 0.000000183. The zero-order valence-corrected chi connectivity index (χ0v) is 7.39. The quantitative estimate of drug-likeness (QED) is 0.553. The van der Waals surface area contributed by atoms with Gasteiger partial charge in [-0.05, 0) is 24.3 Å². The van der Waals surface area contributed by atoms with Crippen LogP contribution in [0.5, 0.6) is 0 Å². The van der Waals surface area contributed by atoms with Crippen LogP contribution in [0.4, 0.5) is 0 Å². The van der Waals surface area contributed by atoms with Gasteiger partial charge in [-0.1, -0.05) is 0 Å². The van der Waals surface area contributed by atoms with Crippen molar-refractivity contribution in [1.29, 1.82) is 0 Å². The minimum absolute atomic E-state index is 0.365. The summed E-state index contributed by atoms with van der Waals surface area (Å²) in [4.78, 5) is 0. The lowest BCUT2D eigenvalue weighted by Gasteiger charge is -1.96. The van der Waals surface area contributed by atoms with Crippen molar-refractivity contribution in [1.82, 2.24) is 0 Å². The van der Waals surface area contributed by atoms with E-state index in [0.717, 1.165) is 0 Å². The van der Waals surface area contributed by atoms with Gasteiger partial charge in [-0.15, -0.1) is 0 Å². The van der Waals surface area contributed by atoms with Crippen molar-refractivity contribution < 1.29 is 15.3 Å². The molecule has 3 N–H and O–H groups in total. The molecule has 1 fully saturated rings. The molecule has 11 heavy (non-hydrogen) atoms. The summed E-state index contributed by atoms with van der Waals surface area (Å²) >= 11 is 2.07. The summed E-state index contributed by atoms with van der Waals surface area (Å²) in [6.45, 7) is -0.729. The number of hydrogen-bond acceptors (Lipinski definition) is 4. The van der Waals surface area contributed by atoms with Crippen LogP contribution in [0, 0.1) is 0 Å². The topological polar surface area (TPSA) is 60.7 Å². The molecule has 0 aromatic carbocycles. The minimum atomic E-state index is -0.954. The molecule has 0 bridgehead atoms. The molecule has 0 aliphatic carbocycles. The fraction of sp³-hybridized carbons (Fsp3) is 1.00. The van der Waals surface area contributed by atoms with Gasteiger partial charge in [0, 0.05) is 0 Å². The highest BCUT2D eigenvalue weighted by molar-refractivity contribution is 7.99. The fourth-order valence-corrected chi connectivity index (χ4v) is 1.59. The molecule has 1 aliphatic heterocycles. The smallest absolute Gasteiger partial charge is 0.100 e. The lowest BCUT2D eigenvalue weighted by Crippen LogP contribution is -2.15. The van der Waals surface area contributed by atoms with E-state index in [9.17, 15) is 0 Å². The largest absolute Gasteiger partial charge is 0.394 e. The third kappa shape index (κ3) is 8.13. The molecule has 0 radical (unpaired) electrons. The van der Waals surface area contributed by atoms with E-state index in [4.69, 9.17) is 15.3 Å². The van der Waals surface area contributed by atoms with Gasteiger partial charge in [-0.25, -0.2) is 0 Å². The lowest BCUT2D eigenvalue weighted by molar-refractivity contribution is 0.0450. The SMILES string of the molecule is C1CCSC1.OCC(O)CO. The van der Waals surface area contributed by atoms with Crippen LogP contribution in [0.1, 0.15) is 12.8 Å². The Morgan fingerprint density at radius 3 is 1.64 bits per heavy atom. The van der Waals surface area contributed by atoms with Crippen LogP contribution in [0.15, 0.2) is 0 Å². The molecule has 68 valence electrons. The van der Waals surface area contributed by atoms with Gasteiger partial charge in [0.25, 0.3) is 0 Å². The maximum absolute atomic E-state index is 8.17. The molecule has 0 aromatic rings. The molecular formula is C7H16O3S. The summed E-state index contributed by atoms with van der Waals surface area (Å²) in [5.74, 6) is 2.83. The van der Waals surface area contributed by atoms with Crippen molar-refractivity contribution in [3.8, 4) is 0 Å². The minimum Gasteiger partial charge on any atom is -0.394 e. The zero-order valence-electron chi connectivity index (χ0n) is 6.57. The van der Waals surface area contributed by atoms with Crippen LogP contribution in [0.2, 0.25) is 0 Å². The summed E-state index contributed by atoms with van der Waals surface area (Å²) < 4.78 is 0. The molecule has 1 aliphatic rings. The third-order valence-corrected chi connectivity index (χ3v) is 2.40. The van der Waals surface area contributed by atoms with Gasteiger partial charge in [0.2, 0.25) is 0 Å². The summed E-state index contributed by atoms with van der Waals surface area (Å²) in [7, 11) is 0. The van der Waals surface area contributed by atoms with E-state index in [1.54, 1.807) is 0 Å². The van der Waals surface area contributed by atoms with Crippen LogP contribution < -0.4 is 0 Å². The first-order chi connectivity index (χ1) is 5.31. The molecule has 0 unspecified atom stereocenters. The van der Waals surface area contributed by atoms with E-state index in [-0.39, 0.29) is 13.2 Å². The van der Waals surface area contributed by atoms with Crippen molar-refractivity contribution in [2.45, 2.75) is 18.9 Å². The van der Waals surface area contributed by atoms with Gasteiger partial charge < -0.3 is 15.3 Å². The van der Waals surface area contributed by atoms with E-state index in [1.807, 2.05) is 0 Å². The van der Waals surface area contributed by atoms with Crippen LogP contribution in [0.3, 0.4) is 0 Å². The first kappa shape index (κ1) is 11.2. The van der Waals surface area contributed by atoms with Gasteiger partial charge in [0.1, 0.15) is 6.10 Å². The van der Waals surface area contributed by atoms with Gasteiger partial charge >= 0.3 is 0 Å². The maximum atomic E-state index is 8.17. The molecule has 0 atom stereocenters. The number of thioether (sulfide) groups is 1. The summed E-state index contributed by atoms with van der Waals surface area (Å²) in [6.07, 6.45) is 1.97. The van der Waals surface area contributed by atoms with Crippen LogP contribution in [-0.4, -0.2) is 46.1 Å². The molecule has 0 amide bonds. The van der Waals surface area contributed by atoms with Crippen molar-refractivity contribution in [3.63, 3.8) is 0 Å². The number of aliphatic hydroxyl groups is 3. The first-order valence-electron chi connectivity index (χ1n) is 3.78. The van der Waals surface area contributed by atoms with Crippen molar-refractivity contribution in [2.75, 3.05) is 24.7 Å². The Kier molecular flexibility index (Phi) is 8.50. The summed E-state index contributed by atoms with van der Waals surface area (Å²) in [5, 5.41) is 24.0. The van der Waals surface area contributed by atoms with Gasteiger partial charge in [0.05, 0.1) is 13.2 Å². The summed E-state index contributed by atoms with van der Waals surface area (Å²) in [5.41, 5.74) is 0. The zero-order chi connectivity index (χ0) is 8.53. The highest BCUT2D eigenvalue weighted by Gasteiger charge is 1.95.